The molecule has 2 rings (SSSR count). The zero-order chi connectivity index (χ0) is 12.1. The van der Waals surface area contributed by atoms with Gasteiger partial charge in [0.05, 0.1) is 18.0 Å². The Morgan fingerprint density at radius 3 is 3.12 bits per heavy atom. The Hall–Kier alpha value is -1.49. The minimum Gasteiger partial charge on any atom is -0.341 e. The van der Waals surface area contributed by atoms with Crippen LogP contribution in [0.1, 0.15) is 23.2 Å². The van der Waals surface area contributed by atoms with Crippen LogP contribution in [0.5, 0.6) is 0 Å². The van der Waals surface area contributed by atoms with Crippen LogP contribution < -0.4 is 5.32 Å². The van der Waals surface area contributed by atoms with Gasteiger partial charge in [0.1, 0.15) is 0 Å². The number of aromatic nitrogens is 2. The molecule has 0 aromatic carbocycles. The van der Waals surface area contributed by atoms with E-state index in [4.69, 9.17) is 0 Å². The van der Waals surface area contributed by atoms with Gasteiger partial charge in [-0.15, -0.1) is 0 Å². The lowest BCUT2D eigenvalue weighted by molar-refractivity contribution is 0.0764. The van der Waals surface area contributed by atoms with Gasteiger partial charge >= 0.3 is 0 Å². The second-order valence-electron chi connectivity index (χ2n) is 4.53. The lowest BCUT2D eigenvalue weighted by Gasteiger charge is -2.27. The molecule has 2 heterocycles. The smallest absolute Gasteiger partial charge is 0.255 e. The summed E-state index contributed by atoms with van der Waals surface area (Å²) in [6, 6.07) is 1.70. The molecule has 1 aliphatic heterocycles. The summed E-state index contributed by atoms with van der Waals surface area (Å²) in [5.41, 5.74) is 0.603. The van der Waals surface area contributed by atoms with Gasteiger partial charge in [-0.1, -0.05) is 0 Å². The van der Waals surface area contributed by atoms with E-state index in [1.807, 2.05) is 7.05 Å². The van der Waals surface area contributed by atoms with Gasteiger partial charge in [-0.25, -0.2) is 0 Å². The van der Waals surface area contributed by atoms with Crippen LogP contribution in [0.3, 0.4) is 0 Å². The summed E-state index contributed by atoms with van der Waals surface area (Å²) < 4.78 is 0. The van der Waals surface area contributed by atoms with Crippen LogP contribution >= 0.6 is 0 Å². The largest absolute Gasteiger partial charge is 0.341 e. The van der Waals surface area contributed by atoms with E-state index in [1.54, 1.807) is 17.2 Å². The maximum Gasteiger partial charge on any atom is 0.255 e. The number of nitrogens with one attached hydrogen (secondary N) is 1. The van der Waals surface area contributed by atoms with Crippen molar-refractivity contribution in [3.8, 4) is 0 Å². The molecule has 1 amide bonds. The average Bonchev–Trinajstić information content (AvgIpc) is 2.40. The van der Waals surface area contributed by atoms with Crippen LogP contribution in [0.4, 0.5) is 0 Å². The highest BCUT2D eigenvalue weighted by Crippen LogP contribution is 2.12. The molecular formula is C12H18N4O. The molecule has 1 atom stereocenters. The summed E-state index contributed by atoms with van der Waals surface area (Å²) in [4.78, 5) is 13.8. The predicted octanol–water partition coefficient (Wildman–Crippen LogP) is 0.548. The Balaban J connectivity index is 1.91. The highest BCUT2D eigenvalue weighted by atomic mass is 16.2. The first kappa shape index (κ1) is 12.0. The summed E-state index contributed by atoms with van der Waals surface area (Å²) in [5, 5.41) is 10.8. The van der Waals surface area contributed by atoms with Gasteiger partial charge in [-0.05, 0) is 37.9 Å². The zero-order valence-electron chi connectivity index (χ0n) is 10.1. The first-order valence-corrected chi connectivity index (χ1v) is 6.00. The Bertz CT molecular complexity index is 362. The van der Waals surface area contributed by atoms with Gasteiger partial charge < -0.3 is 10.2 Å². The van der Waals surface area contributed by atoms with Crippen molar-refractivity contribution < 1.29 is 4.79 Å². The highest BCUT2D eigenvalue weighted by molar-refractivity contribution is 5.93. The van der Waals surface area contributed by atoms with E-state index < -0.39 is 0 Å². The fourth-order valence-corrected chi connectivity index (χ4v) is 2.19. The maximum atomic E-state index is 12.1. The molecule has 1 aromatic heterocycles. The number of hydrogen-bond donors (Lipinski definition) is 1. The summed E-state index contributed by atoms with van der Waals surface area (Å²) in [7, 11) is 1.84. The second kappa shape index (κ2) is 5.72. The number of piperidine rings is 1. The van der Waals surface area contributed by atoms with E-state index in [2.05, 4.69) is 15.5 Å². The second-order valence-corrected chi connectivity index (χ2v) is 4.53. The molecule has 0 radical (unpaired) electrons. The summed E-state index contributed by atoms with van der Waals surface area (Å²) in [6.07, 6.45) is 5.45. The molecule has 92 valence electrons. The fraction of sp³-hybridized carbons (Fsp3) is 0.583. The van der Waals surface area contributed by atoms with Crippen molar-refractivity contribution in [1.82, 2.24) is 20.4 Å². The van der Waals surface area contributed by atoms with E-state index in [1.165, 1.54) is 19.0 Å². The molecule has 1 N–H and O–H groups in total. The quantitative estimate of drug-likeness (QED) is 0.829. The van der Waals surface area contributed by atoms with Gasteiger partial charge in [0.2, 0.25) is 0 Å². The van der Waals surface area contributed by atoms with Crippen molar-refractivity contribution in [2.45, 2.75) is 12.8 Å². The Morgan fingerprint density at radius 1 is 1.59 bits per heavy atom. The molecule has 0 bridgehead atoms. The van der Waals surface area contributed by atoms with Crippen molar-refractivity contribution in [2.24, 2.45) is 5.92 Å². The standard InChI is InChI=1S/C12H18N4O/c1-16(9-10-3-2-5-13-7-10)12(17)11-4-6-14-15-8-11/h4,6,8,10,13H,2-3,5,7,9H2,1H3. The van der Waals surface area contributed by atoms with Crippen LogP contribution in [-0.4, -0.2) is 47.7 Å². The molecule has 1 fully saturated rings. The molecule has 0 saturated carbocycles. The molecule has 17 heavy (non-hydrogen) atoms. The van der Waals surface area contributed by atoms with Gasteiger partial charge in [0.15, 0.2) is 0 Å². The molecule has 1 saturated heterocycles. The monoisotopic (exact) mass is 234 g/mol. The third-order valence-electron chi connectivity index (χ3n) is 3.11. The van der Waals surface area contributed by atoms with Crippen molar-refractivity contribution in [3.63, 3.8) is 0 Å². The topological polar surface area (TPSA) is 58.1 Å². The fourth-order valence-electron chi connectivity index (χ4n) is 2.19. The third-order valence-corrected chi connectivity index (χ3v) is 3.11. The van der Waals surface area contributed by atoms with Crippen molar-refractivity contribution in [2.75, 3.05) is 26.7 Å². The van der Waals surface area contributed by atoms with Crippen LogP contribution in [0.2, 0.25) is 0 Å². The predicted molar refractivity (Wildman–Crippen MR) is 64.6 cm³/mol. The number of nitrogens with zero attached hydrogens (tertiary/aromatic N) is 3. The number of carbonyl (C=O) groups excluding carboxylic acids is 1. The van der Waals surface area contributed by atoms with Gasteiger partial charge in [0.25, 0.3) is 5.91 Å². The van der Waals surface area contributed by atoms with E-state index in [0.717, 1.165) is 19.6 Å². The third kappa shape index (κ3) is 3.23. The molecule has 1 aliphatic rings. The minimum atomic E-state index is 0.0190. The Kier molecular flexibility index (Phi) is 4.03. The van der Waals surface area contributed by atoms with Crippen LogP contribution in [0.15, 0.2) is 18.5 Å². The van der Waals surface area contributed by atoms with Crippen LogP contribution in [-0.2, 0) is 0 Å². The number of amides is 1. The summed E-state index contributed by atoms with van der Waals surface area (Å²) in [6.45, 7) is 2.91. The van der Waals surface area contributed by atoms with Gasteiger partial charge in [0, 0.05) is 13.6 Å². The lowest BCUT2D eigenvalue weighted by atomic mass is 9.99. The first-order valence-electron chi connectivity index (χ1n) is 6.00. The average molecular weight is 234 g/mol. The molecule has 0 spiro atoms. The molecule has 0 aliphatic carbocycles. The van der Waals surface area contributed by atoms with E-state index >= 15 is 0 Å². The zero-order valence-corrected chi connectivity index (χ0v) is 10.1. The maximum absolute atomic E-state index is 12.1. The summed E-state index contributed by atoms with van der Waals surface area (Å²) >= 11 is 0. The first-order chi connectivity index (χ1) is 8.27. The highest BCUT2D eigenvalue weighted by Gasteiger charge is 2.18. The van der Waals surface area contributed by atoms with Crippen molar-refractivity contribution in [1.29, 1.82) is 0 Å². The van der Waals surface area contributed by atoms with E-state index in [0.29, 0.717) is 11.5 Å². The Morgan fingerprint density at radius 2 is 2.47 bits per heavy atom. The molecule has 1 unspecified atom stereocenters. The molecular weight excluding hydrogens is 216 g/mol. The minimum absolute atomic E-state index is 0.0190. The van der Waals surface area contributed by atoms with E-state index in [-0.39, 0.29) is 5.91 Å². The molecule has 1 aromatic rings. The van der Waals surface area contributed by atoms with E-state index in [9.17, 15) is 4.79 Å². The lowest BCUT2D eigenvalue weighted by Crippen LogP contribution is -2.39. The molecule has 5 nitrogen and oxygen atoms in total. The van der Waals surface area contributed by atoms with Crippen molar-refractivity contribution >= 4 is 5.91 Å². The van der Waals surface area contributed by atoms with Gasteiger partial charge in [-0.3, -0.25) is 4.79 Å². The Labute approximate surface area is 101 Å². The van der Waals surface area contributed by atoms with Crippen molar-refractivity contribution in [3.05, 3.63) is 24.0 Å². The van der Waals surface area contributed by atoms with Crippen LogP contribution in [0.25, 0.3) is 0 Å². The number of carbonyl (C=O) groups is 1. The number of rotatable bonds is 3. The number of hydrogen-bond acceptors (Lipinski definition) is 4. The molecule has 5 heteroatoms. The normalized spacial score (nSPS) is 19.9. The van der Waals surface area contributed by atoms with Crippen LogP contribution in [0, 0.1) is 5.92 Å². The van der Waals surface area contributed by atoms with Gasteiger partial charge in [-0.2, -0.15) is 10.2 Å². The summed E-state index contributed by atoms with van der Waals surface area (Å²) in [5.74, 6) is 0.581. The SMILES string of the molecule is CN(CC1CCCNC1)C(=O)c1ccnnc1.